The van der Waals surface area contributed by atoms with Crippen LogP contribution >= 0.6 is 0 Å². The summed E-state index contributed by atoms with van der Waals surface area (Å²) in [7, 11) is -3.62. The first-order valence-corrected chi connectivity index (χ1v) is 8.04. The van der Waals surface area contributed by atoms with E-state index >= 15 is 0 Å². The van der Waals surface area contributed by atoms with E-state index in [4.69, 9.17) is 5.73 Å². The fourth-order valence-corrected chi connectivity index (χ4v) is 3.55. The quantitative estimate of drug-likeness (QED) is 0.876. The third-order valence-electron chi connectivity index (χ3n) is 3.20. The number of aromatic nitrogens is 1. The van der Waals surface area contributed by atoms with Crippen LogP contribution in [0.1, 0.15) is 18.9 Å². The molecule has 5 nitrogen and oxygen atoms in total. The minimum atomic E-state index is -3.62. The van der Waals surface area contributed by atoms with Gasteiger partial charge in [-0.05, 0) is 31.0 Å². The van der Waals surface area contributed by atoms with Crippen LogP contribution in [-0.2, 0) is 10.0 Å². The van der Waals surface area contributed by atoms with Gasteiger partial charge in [-0.15, -0.1) is 0 Å². The second-order valence-electron chi connectivity index (χ2n) is 4.80. The normalized spacial score (nSPS) is 13.6. The molecular formula is C14H19N3O2S. The average Bonchev–Trinajstić information content (AvgIpc) is 2.43. The minimum Gasteiger partial charge on any atom is -0.329 e. The van der Waals surface area contributed by atoms with Crippen LogP contribution in [0.25, 0.3) is 10.9 Å². The van der Waals surface area contributed by atoms with E-state index in [1.54, 1.807) is 18.3 Å². The van der Waals surface area contributed by atoms with Crippen molar-refractivity contribution in [3.63, 3.8) is 0 Å². The highest BCUT2D eigenvalue weighted by molar-refractivity contribution is 7.89. The molecule has 0 aliphatic rings. The highest BCUT2D eigenvalue weighted by Crippen LogP contribution is 2.21. The van der Waals surface area contributed by atoms with Crippen LogP contribution in [0.2, 0.25) is 0 Å². The van der Waals surface area contributed by atoms with E-state index in [1.165, 1.54) is 0 Å². The molecule has 0 aliphatic heterocycles. The van der Waals surface area contributed by atoms with Gasteiger partial charge < -0.3 is 5.73 Å². The number of aryl methyl sites for hydroxylation is 1. The van der Waals surface area contributed by atoms with Crippen LogP contribution in [0, 0.1) is 6.92 Å². The van der Waals surface area contributed by atoms with E-state index < -0.39 is 10.0 Å². The van der Waals surface area contributed by atoms with Crippen LogP contribution in [0.3, 0.4) is 0 Å². The Bertz CT molecular complexity index is 709. The van der Waals surface area contributed by atoms with Crippen molar-refractivity contribution in [1.82, 2.24) is 9.71 Å². The second-order valence-corrected chi connectivity index (χ2v) is 6.49. The third kappa shape index (κ3) is 2.98. The van der Waals surface area contributed by atoms with Gasteiger partial charge in [0.1, 0.15) is 4.90 Å². The predicted molar refractivity (Wildman–Crippen MR) is 79.9 cm³/mol. The van der Waals surface area contributed by atoms with Crippen molar-refractivity contribution in [1.29, 1.82) is 0 Å². The van der Waals surface area contributed by atoms with Gasteiger partial charge in [0.05, 0.1) is 5.52 Å². The van der Waals surface area contributed by atoms with Crippen molar-refractivity contribution in [2.24, 2.45) is 5.73 Å². The Morgan fingerprint density at radius 2 is 2.15 bits per heavy atom. The molecule has 0 bridgehead atoms. The van der Waals surface area contributed by atoms with E-state index in [1.807, 2.05) is 26.0 Å². The molecule has 20 heavy (non-hydrogen) atoms. The summed E-state index contributed by atoms with van der Waals surface area (Å²) in [6.07, 6.45) is 2.31. The molecule has 108 valence electrons. The summed E-state index contributed by atoms with van der Waals surface area (Å²) in [6.45, 7) is 4.09. The zero-order chi connectivity index (χ0) is 14.8. The molecule has 3 N–H and O–H groups in total. The van der Waals surface area contributed by atoms with Crippen LogP contribution < -0.4 is 10.5 Å². The smallest absolute Gasteiger partial charge is 0.243 e. The number of nitrogens with zero attached hydrogens (tertiary/aromatic N) is 1. The maximum absolute atomic E-state index is 12.5. The summed E-state index contributed by atoms with van der Waals surface area (Å²) >= 11 is 0. The molecule has 0 amide bonds. The fraction of sp³-hybridized carbons (Fsp3) is 0.357. The maximum Gasteiger partial charge on any atom is 0.243 e. The monoisotopic (exact) mass is 293 g/mol. The summed E-state index contributed by atoms with van der Waals surface area (Å²) in [6, 6.07) is 6.80. The van der Waals surface area contributed by atoms with Gasteiger partial charge in [-0.1, -0.05) is 19.1 Å². The molecule has 0 aliphatic carbocycles. The maximum atomic E-state index is 12.5. The summed E-state index contributed by atoms with van der Waals surface area (Å²) in [5.74, 6) is 0. The number of nitrogens with two attached hydrogens (primary N) is 1. The first-order chi connectivity index (χ1) is 9.47. The first-order valence-electron chi connectivity index (χ1n) is 6.55. The Morgan fingerprint density at radius 1 is 1.40 bits per heavy atom. The highest BCUT2D eigenvalue weighted by atomic mass is 32.2. The number of rotatable bonds is 5. The van der Waals surface area contributed by atoms with Gasteiger partial charge in [-0.3, -0.25) is 4.98 Å². The Kier molecular flexibility index (Phi) is 4.37. The lowest BCUT2D eigenvalue weighted by atomic mass is 10.2. The van der Waals surface area contributed by atoms with Crippen LogP contribution in [0.15, 0.2) is 35.4 Å². The number of fused-ring (bicyclic) bond motifs is 1. The third-order valence-corrected chi connectivity index (χ3v) is 4.75. The lowest BCUT2D eigenvalue weighted by Crippen LogP contribution is -2.39. The van der Waals surface area contributed by atoms with Crippen molar-refractivity contribution < 1.29 is 8.42 Å². The van der Waals surface area contributed by atoms with E-state index in [-0.39, 0.29) is 17.5 Å². The van der Waals surface area contributed by atoms with E-state index in [0.717, 1.165) is 10.9 Å². The Labute approximate surface area is 119 Å². The van der Waals surface area contributed by atoms with Crippen molar-refractivity contribution >= 4 is 20.9 Å². The molecule has 1 aromatic carbocycles. The summed E-state index contributed by atoms with van der Waals surface area (Å²) < 4.78 is 27.5. The number of pyridine rings is 1. The number of hydrogen-bond donors (Lipinski definition) is 2. The van der Waals surface area contributed by atoms with Crippen molar-refractivity contribution in [2.45, 2.75) is 31.2 Å². The molecule has 1 unspecified atom stereocenters. The van der Waals surface area contributed by atoms with Crippen LogP contribution in [0.4, 0.5) is 0 Å². The van der Waals surface area contributed by atoms with Gasteiger partial charge in [-0.25, -0.2) is 13.1 Å². The Balaban J connectivity index is 2.52. The standard InChI is InChI=1S/C14H19N3O2S/c1-3-12(8-15)17-20(18,19)13-6-4-5-11-7-10(2)9-16-14(11)13/h4-7,9,12,17H,3,8,15H2,1-2H3. The van der Waals surface area contributed by atoms with E-state index in [9.17, 15) is 8.42 Å². The van der Waals surface area contributed by atoms with Gasteiger partial charge in [0, 0.05) is 24.2 Å². The molecule has 0 fully saturated rings. The van der Waals surface area contributed by atoms with E-state index in [2.05, 4.69) is 9.71 Å². The zero-order valence-corrected chi connectivity index (χ0v) is 12.4. The minimum absolute atomic E-state index is 0.196. The molecule has 2 aromatic rings. The molecule has 6 heteroatoms. The van der Waals surface area contributed by atoms with Gasteiger partial charge >= 0.3 is 0 Å². The van der Waals surface area contributed by atoms with Crippen LogP contribution in [0.5, 0.6) is 0 Å². The molecule has 0 spiro atoms. The molecule has 1 heterocycles. The van der Waals surface area contributed by atoms with Gasteiger partial charge in [0.15, 0.2) is 0 Å². The number of benzene rings is 1. The Hall–Kier alpha value is -1.50. The molecule has 2 rings (SSSR count). The van der Waals surface area contributed by atoms with Gasteiger partial charge in [0.2, 0.25) is 10.0 Å². The molecule has 0 saturated heterocycles. The average molecular weight is 293 g/mol. The first kappa shape index (κ1) is 14.9. The number of nitrogens with one attached hydrogen (secondary N) is 1. The molecule has 0 saturated carbocycles. The molecule has 1 aromatic heterocycles. The number of hydrogen-bond acceptors (Lipinski definition) is 4. The van der Waals surface area contributed by atoms with Crippen molar-refractivity contribution in [3.05, 3.63) is 36.0 Å². The van der Waals surface area contributed by atoms with Crippen molar-refractivity contribution in [3.8, 4) is 0 Å². The SMILES string of the molecule is CCC(CN)NS(=O)(=O)c1cccc2cc(C)cnc12. The van der Waals surface area contributed by atoms with Crippen LogP contribution in [-0.4, -0.2) is 26.0 Å². The lowest BCUT2D eigenvalue weighted by Gasteiger charge is -2.15. The number of para-hydroxylation sites is 1. The van der Waals surface area contributed by atoms with Gasteiger partial charge in [-0.2, -0.15) is 0 Å². The Morgan fingerprint density at radius 3 is 2.80 bits per heavy atom. The molecule has 1 atom stereocenters. The summed E-state index contributed by atoms with van der Waals surface area (Å²) in [5.41, 5.74) is 7.04. The summed E-state index contributed by atoms with van der Waals surface area (Å²) in [5, 5.41) is 0.814. The topological polar surface area (TPSA) is 85.1 Å². The predicted octanol–water partition coefficient (Wildman–Crippen LogP) is 1.56. The molecular weight excluding hydrogens is 274 g/mol. The molecule has 0 radical (unpaired) electrons. The summed E-state index contributed by atoms with van der Waals surface area (Å²) in [4.78, 5) is 4.45. The zero-order valence-electron chi connectivity index (χ0n) is 11.6. The van der Waals surface area contributed by atoms with Crippen molar-refractivity contribution in [2.75, 3.05) is 6.54 Å². The number of sulfonamides is 1. The second kappa shape index (κ2) is 5.87. The largest absolute Gasteiger partial charge is 0.329 e. The lowest BCUT2D eigenvalue weighted by molar-refractivity contribution is 0.543. The fourth-order valence-electron chi connectivity index (χ4n) is 2.04. The van der Waals surface area contributed by atoms with E-state index in [0.29, 0.717) is 11.9 Å². The highest BCUT2D eigenvalue weighted by Gasteiger charge is 2.21. The van der Waals surface area contributed by atoms with Gasteiger partial charge in [0.25, 0.3) is 0 Å².